The monoisotopic (exact) mass is 375 g/mol. The van der Waals surface area contributed by atoms with E-state index >= 15 is 0 Å². The molecular formula is C19H21NO5S. The van der Waals surface area contributed by atoms with E-state index in [1.54, 1.807) is 51.3 Å². The molecule has 0 amide bonds. The lowest BCUT2D eigenvalue weighted by molar-refractivity contribution is 0.0981. The van der Waals surface area contributed by atoms with Crippen LogP contribution in [0.2, 0.25) is 0 Å². The largest absolute Gasteiger partial charge is 0.497 e. The van der Waals surface area contributed by atoms with Crippen LogP contribution in [0.4, 0.5) is 5.69 Å². The number of nitrogens with zero attached hydrogens (tertiary/aromatic N) is 1. The zero-order valence-electron chi connectivity index (χ0n) is 15.2. The molecule has 138 valence electrons. The summed E-state index contributed by atoms with van der Waals surface area (Å²) in [5.41, 5.74) is 1.96. The second-order valence-corrected chi connectivity index (χ2v) is 8.02. The first kappa shape index (κ1) is 18.3. The molecular weight excluding hydrogens is 354 g/mol. The first-order valence-electron chi connectivity index (χ1n) is 8.19. The van der Waals surface area contributed by atoms with Gasteiger partial charge in [0.2, 0.25) is 0 Å². The third kappa shape index (κ3) is 2.92. The first-order valence-corrected chi connectivity index (χ1v) is 9.63. The van der Waals surface area contributed by atoms with Crippen molar-refractivity contribution >= 4 is 21.5 Å². The molecule has 0 N–H and O–H groups in total. The smallest absolute Gasteiger partial charge is 0.264 e. The fraction of sp³-hybridized carbons (Fsp3) is 0.316. The molecule has 0 aromatic heterocycles. The molecule has 2 aromatic rings. The van der Waals surface area contributed by atoms with Crippen molar-refractivity contribution in [3.05, 3.63) is 47.0 Å². The van der Waals surface area contributed by atoms with E-state index in [2.05, 4.69) is 0 Å². The Morgan fingerprint density at radius 3 is 2.15 bits per heavy atom. The van der Waals surface area contributed by atoms with E-state index in [1.807, 2.05) is 0 Å². The molecule has 7 heteroatoms. The molecule has 0 spiro atoms. The van der Waals surface area contributed by atoms with Gasteiger partial charge in [-0.1, -0.05) is 0 Å². The van der Waals surface area contributed by atoms with Gasteiger partial charge in [0.1, 0.15) is 11.5 Å². The van der Waals surface area contributed by atoms with Crippen LogP contribution in [0.1, 0.15) is 27.9 Å². The number of hydrogen-bond donors (Lipinski definition) is 0. The van der Waals surface area contributed by atoms with E-state index in [1.165, 1.54) is 11.4 Å². The van der Waals surface area contributed by atoms with Crippen molar-refractivity contribution in [1.82, 2.24) is 0 Å². The normalized spacial score (nSPS) is 14.2. The second-order valence-electron chi connectivity index (χ2n) is 6.22. The van der Waals surface area contributed by atoms with Gasteiger partial charge in [0, 0.05) is 18.5 Å². The minimum atomic E-state index is -3.82. The number of benzene rings is 2. The number of anilines is 1. The topological polar surface area (TPSA) is 72.9 Å². The zero-order valence-corrected chi connectivity index (χ0v) is 16.0. The van der Waals surface area contributed by atoms with Crippen molar-refractivity contribution in [2.75, 3.05) is 25.1 Å². The standard InChI is InChI=1S/C19H21NO5S/c1-12-9-15(25-4)10-13(2)19(12)26(22,23)20-8-7-18(21)16-11-14(24-3)5-6-17(16)20/h5-6,9-11H,7-8H2,1-4H3. The van der Waals surface area contributed by atoms with E-state index in [0.717, 1.165) is 0 Å². The van der Waals surface area contributed by atoms with Gasteiger partial charge in [-0.25, -0.2) is 8.42 Å². The molecule has 1 heterocycles. The lowest BCUT2D eigenvalue weighted by Crippen LogP contribution is -2.38. The number of fused-ring (bicyclic) bond motifs is 1. The number of aryl methyl sites for hydroxylation is 2. The third-order valence-electron chi connectivity index (χ3n) is 4.53. The van der Waals surface area contributed by atoms with E-state index in [9.17, 15) is 13.2 Å². The van der Waals surface area contributed by atoms with Gasteiger partial charge in [-0.15, -0.1) is 0 Å². The number of sulfonamides is 1. The average Bonchev–Trinajstić information content (AvgIpc) is 2.60. The Labute approximate surface area is 153 Å². The predicted molar refractivity (Wildman–Crippen MR) is 98.9 cm³/mol. The fourth-order valence-electron chi connectivity index (χ4n) is 3.34. The third-order valence-corrected chi connectivity index (χ3v) is 6.65. The van der Waals surface area contributed by atoms with Crippen molar-refractivity contribution in [2.24, 2.45) is 0 Å². The van der Waals surface area contributed by atoms with E-state index < -0.39 is 10.0 Å². The van der Waals surface area contributed by atoms with Crippen LogP contribution < -0.4 is 13.8 Å². The number of methoxy groups -OCH3 is 2. The van der Waals surface area contributed by atoms with Crippen molar-refractivity contribution in [2.45, 2.75) is 25.2 Å². The number of carbonyl (C=O) groups excluding carboxylic acids is 1. The lowest BCUT2D eigenvalue weighted by atomic mass is 10.0. The maximum absolute atomic E-state index is 13.4. The van der Waals surface area contributed by atoms with Crippen LogP contribution in [0.5, 0.6) is 11.5 Å². The van der Waals surface area contributed by atoms with Crippen LogP contribution in [0, 0.1) is 13.8 Å². The van der Waals surface area contributed by atoms with Gasteiger partial charge in [0.15, 0.2) is 5.78 Å². The molecule has 26 heavy (non-hydrogen) atoms. The summed E-state index contributed by atoms with van der Waals surface area (Å²) in [6.07, 6.45) is 0.133. The van der Waals surface area contributed by atoms with Crippen LogP contribution >= 0.6 is 0 Å². The summed E-state index contributed by atoms with van der Waals surface area (Å²) >= 11 is 0. The van der Waals surface area contributed by atoms with Gasteiger partial charge in [0.25, 0.3) is 10.0 Å². The average molecular weight is 375 g/mol. The van der Waals surface area contributed by atoms with Gasteiger partial charge < -0.3 is 9.47 Å². The highest BCUT2D eigenvalue weighted by atomic mass is 32.2. The summed E-state index contributed by atoms with van der Waals surface area (Å²) in [6.45, 7) is 3.60. The molecule has 0 aliphatic carbocycles. The van der Waals surface area contributed by atoms with Gasteiger partial charge in [-0.3, -0.25) is 9.10 Å². The highest BCUT2D eigenvalue weighted by molar-refractivity contribution is 7.93. The predicted octanol–water partition coefficient (Wildman–Crippen LogP) is 3.10. The number of hydrogen-bond acceptors (Lipinski definition) is 5. The zero-order chi connectivity index (χ0) is 19.1. The maximum atomic E-state index is 13.4. The number of carbonyl (C=O) groups is 1. The molecule has 0 saturated heterocycles. The van der Waals surface area contributed by atoms with Crippen LogP contribution in [0.25, 0.3) is 0 Å². The van der Waals surface area contributed by atoms with Gasteiger partial charge in [-0.05, 0) is 55.3 Å². The van der Waals surface area contributed by atoms with Gasteiger partial charge in [-0.2, -0.15) is 0 Å². The Morgan fingerprint density at radius 1 is 0.962 bits per heavy atom. The van der Waals surface area contributed by atoms with Crippen molar-refractivity contribution < 1.29 is 22.7 Å². The number of ketones is 1. The summed E-state index contributed by atoms with van der Waals surface area (Å²) < 4.78 is 38.5. The molecule has 3 rings (SSSR count). The Morgan fingerprint density at radius 2 is 1.58 bits per heavy atom. The lowest BCUT2D eigenvalue weighted by Gasteiger charge is -2.31. The fourth-order valence-corrected chi connectivity index (χ4v) is 5.24. The Kier molecular flexibility index (Phi) is 4.66. The van der Waals surface area contributed by atoms with Crippen LogP contribution in [-0.4, -0.2) is 35.0 Å². The SMILES string of the molecule is COc1cc(C)c(S(=O)(=O)N2CCC(=O)c3cc(OC)ccc32)c(C)c1. The summed E-state index contributed by atoms with van der Waals surface area (Å²) in [5.74, 6) is 1.04. The van der Waals surface area contributed by atoms with Gasteiger partial charge in [0.05, 0.1) is 24.8 Å². The molecule has 0 bridgehead atoms. The van der Waals surface area contributed by atoms with Crippen LogP contribution in [0.15, 0.2) is 35.2 Å². The van der Waals surface area contributed by atoms with Crippen molar-refractivity contribution in [3.8, 4) is 11.5 Å². The van der Waals surface area contributed by atoms with Crippen LogP contribution in [0.3, 0.4) is 0 Å². The Balaban J connectivity index is 2.16. The number of ether oxygens (including phenoxy) is 2. The number of rotatable bonds is 4. The van der Waals surface area contributed by atoms with Crippen molar-refractivity contribution in [1.29, 1.82) is 0 Å². The van der Waals surface area contributed by atoms with E-state index in [-0.39, 0.29) is 23.6 Å². The van der Waals surface area contributed by atoms with Crippen LogP contribution in [-0.2, 0) is 10.0 Å². The molecule has 0 atom stereocenters. The molecule has 0 saturated carbocycles. The Hall–Kier alpha value is -2.54. The highest BCUT2D eigenvalue weighted by Crippen LogP contribution is 2.36. The van der Waals surface area contributed by atoms with E-state index in [0.29, 0.717) is 33.9 Å². The summed E-state index contributed by atoms with van der Waals surface area (Å²) in [7, 11) is -0.769. The summed E-state index contributed by atoms with van der Waals surface area (Å²) in [5, 5.41) is 0. The molecule has 0 fully saturated rings. The first-order chi connectivity index (χ1) is 12.3. The Bertz CT molecular complexity index is 958. The highest BCUT2D eigenvalue weighted by Gasteiger charge is 2.34. The van der Waals surface area contributed by atoms with Crippen molar-refractivity contribution in [3.63, 3.8) is 0 Å². The summed E-state index contributed by atoms with van der Waals surface area (Å²) in [4.78, 5) is 12.5. The summed E-state index contributed by atoms with van der Waals surface area (Å²) in [6, 6.07) is 8.27. The number of Topliss-reactive ketones (excluding diaryl/α,β-unsaturated/α-hetero) is 1. The second kappa shape index (κ2) is 6.64. The van der Waals surface area contributed by atoms with E-state index in [4.69, 9.17) is 9.47 Å². The quantitative estimate of drug-likeness (QED) is 0.821. The maximum Gasteiger partial charge on any atom is 0.264 e. The molecule has 1 aliphatic heterocycles. The molecule has 6 nitrogen and oxygen atoms in total. The molecule has 0 radical (unpaired) electrons. The minimum absolute atomic E-state index is 0.0893. The van der Waals surface area contributed by atoms with Gasteiger partial charge >= 0.3 is 0 Å². The molecule has 1 aliphatic rings. The molecule has 0 unspecified atom stereocenters. The molecule has 2 aromatic carbocycles. The minimum Gasteiger partial charge on any atom is -0.497 e.